The number of nitrogens with zero attached hydrogens (tertiary/aromatic N) is 6. The minimum Gasteiger partial charge on any atom is -0.462 e. The Morgan fingerprint density at radius 1 is 1.05 bits per heavy atom. The Balaban J connectivity index is 1.31. The summed E-state index contributed by atoms with van der Waals surface area (Å²) in [6, 6.07) is 16.7. The van der Waals surface area contributed by atoms with E-state index in [0.717, 1.165) is 76.5 Å². The molecule has 8 heteroatoms. The van der Waals surface area contributed by atoms with Crippen LogP contribution in [-0.2, 0) is 19.3 Å². The fraction of sp³-hybridized carbons (Fsp3) is 0.531. The van der Waals surface area contributed by atoms with Gasteiger partial charge in [-0.25, -0.2) is 0 Å². The molecule has 1 N–H and O–H groups in total. The quantitative estimate of drug-likeness (QED) is 0.483. The summed E-state index contributed by atoms with van der Waals surface area (Å²) >= 11 is 0. The van der Waals surface area contributed by atoms with Gasteiger partial charge in [-0.15, -0.1) is 0 Å². The lowest BCUT2D eigenvalue weighted by Crippen LogP contribution is -2.51. The van der Waals surface area contributed by atoms with Gasteiger partial charge in [-0.05, 0) is 56.3 Å². The Kier molecular flexibility index (Phi) is 8.03. The monoisotopic (exact) mass is 539 g/mol. The second kappa shape index (κ2) is 12.0. The maximum atomic E-state index is 9.33. The first kappa shape index (κ1) is 26.8. The molecule has 2 saturated heterocycles. The van der Waals surface area contributed by atoms with E-state index < -0.39 is 0 Å². The molecule has 2 atom stereocenters. The summed E-state index contributed by atoms with van der Waals surface area (Å²) in [7, 11) is 2.17. The van der Waals surface area contributed by atoms with Gasteiger partial charge in [0, 0.05) is 67.9 Å². The Labute approximate surface area is 237 Å². The molecule has 3 aliphatic rings. The van der Waals surface area contributed by atoms with Crippen molar-refractivity contribution in [3.63, 3.8) is 0 Å². The van der Waals surface area contributed by atoms with Crippen LogP contribution in [0.2, 0.25) is 0 Å². The lowest BCUT2D eigenvalue weighted by atomic mass is 10.00. The third-order valence-electron chi connectivity index (χ3n) is 8.96. The van der Waals surface area contributed by atoms with Crippen molar-refractivity contribution in [3.05, 3.63) is 53.2 Å². The Hall–Kier alpha value is -3.41. The molecule has 210 valence electrons. The van der Waals surface area contributed by atoms with Gasteiger partial charge in [-0.2, -0.15) is 15.2 Å². The average Bonchev–Trinajstić information content (AvgIpc) is 3.28. The van der Waals surface area contributed by atoms with Gasteiger partial charge in [-0.1, -0.05) is 37.3 Å². The first-order valence-electron chi connectivity index (χ1n) is 15.0. The molecular formula is C32H41N7O. The molecule has 6 rings (SSSR count). The van der Waals surface area contributed by atoms with Crippen LogP contribution < -0.4 is 19.9 Å². The number of likely N-dealkylation sites (tertiary alicyclic amines) is 1. The number of nitrogens with one attached hydrogen (secondary N) is 1. The van der Waals surface area contributed by atoms with Gasteiger partial charge in [0.25, 0.3) is 0 Å². The molecule has 8 nitrogen and oxygen atoms in total. The zero-order valence-corrected chi connectivity index (χ0v) is 23.9. The van der Waals surface area contributed by atoms with E-state index in [1.807, 2.05) is 0 Å². The van der Waals surface area contributed by atoms with Crippen molar-refractivity contribution in [1.82, 2.24) is 20.2 Å². The molecule has 4 heterocycles. The fourth-order valence-corrected chi connectivity index (χ4v) is 6.71. The standard InChI is InChI=1S/C32H41N7O/c1-3-23-7-4-8-24-9-5-11-29(30(23)24)38-18-13-27-28(14-19-38)35-32(40-22-26-10-6-17-37(26)2)36-31(27)39-20-16-34-25(21-39)12-15-33/h4-5,7-9,11,25-26,34H,3,6,10,12-14,16-22H2,1-2H3/t25-,26+/m1/s1. The van der Waals surface area contributed by atoms with Crippen LogP contribution >= 0.6 is 0 Å². The largest absolute Gasteiger partial charge is 0.462 e. The number of aryl methyl sites for hydroxylation is 1. The summed E-state index contributed by atoms with van der Waals surface area (Å²) in [5.41, 5.74) is 5.05. The van der Waals surface area contributed by atoms with Crippen molar-refractivity contribution >= 4 is 22.3 Å². The van der Waals surface area contributed by atoms with Crippen LogP contribution in [0.15, 0.2) is 36.4 Å². The van der Waals surface area contributed by atoms with Crippen LogP contribution in [0.5, 0.6) is 6.01 Å². The van der Waals surface area contributed by atoms with E-state index in [1.54, 1.807) is 0 Å². The van der Waals surface area contributed by atoms with Crippen LogP contribution in [0.4, 0.5) is 11.5 Å². The molecule has 0 aliphatic carbocycles. The number of nitriles is 1. The third kappa shape index (κ3) is 5.45. The summed E-state index contributed by atoms with van der Waals surface area (Å²) in [5, 5.41) is 15.5. The highest BCUT2D eigenvalue weighted by molar-refractivity contribution is 5.97. The van der Waals surface area contributed by atoms with Crippen LogP contribution in [0, 0.1) is 11.3 Å². The summed E-state index contributed by atoms with van der Waals surface area (Å²) in [5.74, 6) is 0.998. The normalized spacial score (nSPS) is 21.7. The van der Waals surface area contributed by atoms with Gasteiger partial charge in [0.1, 0.15) is 12.4 Å². The first-order chi connectivity index (χ1) is 19.6. The summed E-state index contributed by atoms with van der Waals surface area (Å²) < 4.78 is 6.30. The molecule has 2 aromatic carbocycles. The number of fused-ring (bicyclic) bond motifs is 2. The highest BCUT2D eigenvalue weighted by Crippen LogP contribution is 2.34. The van der Waals surface area contributed by atoms with Crippen LogP contribution in [0.3, 0.4) is 0 Å². The molecule has 0 amide bonds. The van der Waals surface area contributed by atoms with E-state index in [4.69, 9.17) is 14.7 Å². The number of anilines is 2. The molecule has 40 heavy (non-hydrogen) atoms. The molecule has 0 unspecified atom stereocenters. The highest BCUT2D eigenvalue weighted by atomic mass is 16.5. The number of likely N-dealkylation sites (N-methyl/N-ethyl adjacent to an activating group) is 1. The van der Waals surface area contributed by atoms with Crippen molar-refractivity contribution in [2.45, 2.75) is 57.5 Å². The first-order valence-corrected chi connectivity index (χ1v) is 15.0. The average molecular weight is 540 g/mol. The molecule has 3 aromatic rings. The van der Waals surface area contributed by atoms with E-state index in [2.05, 4.69) is 76.5 Å². The van der Waals surface area contributed by atoms with Crippen molar-refractivity contribution < 1.29 is 4.74 Å². The zero-order valence-electron chi connectivity index (χ0n) is 23.9. The summed E-state index contributed by atoms with van der Waals surface area (Å²) in [6.07, 6.45) is 5.61. The molecule has 0 radical (unpaired) electrons. The third-order valence-corrected chi connectivity index (χ3v) is 8.96. The highest BCUT2D eigenvalue weighted by Gasteiger charge is 2.29. The van der Waals surface area contributed by atoms with E-state index in [0.29, 0.717) is 25.1 Å². The molecule has 0 spiro atoms. The van der Waals surface area contributed by atoms with Gasteiger partial charge >= 0.3 is 6.01 Å². The number of ether oxygens (including phenoxy) is 1. The zero-order chi connectivity index (χ0) is 27.5. The molecule has 2 fully saturated rings. The maximum absolute atomic E-state index is 9.33. The van der Waals surface area contributed by atoms with Gasteiger partial charge in [0.15, 0.2) is 0 Å². The van der Waals surface area contributed by atoms with E-state index in [9.17, 15) is 5.26 Å². The number of hydrogen-bond donors (Lipinski definition) is 1. The Bertz CT molecular complexity index is 1380. The smallest absolute Gasteiger partial charge is 0.318 e. The Morgan fingerprint density at radius 3 is 2.70 bits per heavy atom. The topological polar surface area (TPSA) is 80.6 Å². The maximum Gasteiger partial charge on any atom is 0.318 e. The van der Waals surface area contributed by atoms with Crippen molar-refractivity contribution in [2.24, 2.45) is 0 Å². The number of rotatable bonds is 7. The number of aromatic nitrogens is 2. The van der Waals surface area contributed by atoms with Crippen LogP contribution in [0.1, 0.15) is 43.0 Å². The number of piperazine rings is 1. The summed E-state index contributed by atoms with van der Waals surface area (Å²) in [6.45, 7) is 8.28. The van der Waals surface area contributed by atoms with Crippen LogP contribution in [0.25, 0.3) is 10.8 Å². The number of hydrogen-bond acceptors (Lipinski definition) is 8. The number of benzene rings is 2. The van der Waals surface area contributed by atoms with E-state index in [1.165, 1.54) is 34.0 Å². The van der Waals surface area contributed by atoms with Gasteiger partial charge in [0.05, 0.1) is 18.2 Å². The summed E-state index contributed by atoms with van der Waals surface area (Å²) in [4.78, 5) is 17.3. The molecular weight excluding hydrogens is 498 g/mol. The minimum absolute atomic E-state index is 0.145. The molecule has 0 saturated carbocycles. The van der Waals surface area contributed by atoms with E-state index >= 15 is 0 Å². The van der Waals surface area contributed by atoms with E-state index in [-0.39, 0.29) is 6.04 Å². The van der Waals surface area contributed by atoms with Crippen molar-refractivity contribution in [3.8, 4) is 12.1 Å². The fourth-order valence-electron chi connectivity index (χ4n) is 6.71. The predicted molar refractivity (Wildman–Crippen MR) is 160 cm³/mol. The van der Waals surface area contributed by atoms with Crippen molar-refractivity contribution in [2.75, 3.05) is 62.7 Å². The molecule has 3 aliphatic heterocycles. The Morgan fingerprint density at radius 2 is 1.90 bits per heavy atom. The lowest BCUT2D eigenvalue weighted by Gasteiger charge is -2.35. The van der Waals surface area contributed by atoms with Gasteiger partial charge < -0.3 is 24.8 Å². The molecule has 1 aromatic heterocycles. The molecule has 0 bridgehead atoms. The minimum atomic E-state index is 0.145. The SMILES string of the molecule is CCc1cccc2cccc(N3CCc4nc(OC[C@@H]5CCCN5C)nc(N5CCN[C@H](CC#N)C5)c4CC3)c12. The second-order valence-corrected chi connectivity index (χ2v) is 11.4. The van der Waals surface area contributed by atoms with Gasteiger partial charge in [0.2, 0.25) is 0 Å². The van der Waals surface area contributed by atoms with Gasteiger partial charge in [-0.3, -0.25) is 0 Å². The predicted octanol–water partition coefficient (Wildman–Crippen LogP) is 3.96. The second-order valence-electron chi connectivity index (χ2n) is 11.4. The lowest BCUT2D eigenvalue weighted by molar-refractivity contribution is 0.187. The van der Waals surface area contributed by atoms with Crippen LogP contribution in [-0.4, -0.2) is 79.9 Å². The van der Waals surface area contributed by atoms with Crippen molar-refractivity contribution in [1.29, 1.82) is 5.26 Å².